The number of alkyl halides is 2. The molecule has 1 aromatic carbocycles. The number of carbonyl (C=O) groups excluding carboxylic acids is 1. The summed E-state index contributed by atoms with van der Waals surface area (Å²) in [7, 11) is 0. The third-order valence-electron chi connectivity index (χ3n) is 7.73. The molecule has 1 unspecified atom stereocenters. The summed E-state index contributed by atoms with van der Waals surface area (Å²) in [5.74, 6) is -3.02. The van der Waals surface area contributed by atoms with E-state index in [4.69, 9.17) is 4.42 Å². The molecular weight excluding hydrogens is 398 g/mol. The molecule has 3 aliphatic rings. The van der Waals surface area contributed by atoms with Gasteiger partial charge in [0.15, 0.2) is 0 Å². The topological polar surface area (TPSA) is 45.5 Å². The minimum absolute atomic E-state index is 0.0840. The van der Waals surface area contributed by atoms with E-state index in [1.54, 1.807) is 0 Å². The first-order valence-electron chi connectivity index (χ1n) is 11.9. The van der Waals surface area contributed by atoms with Crippen LogP contribution in [0.5, 0.6) is 0 Å². The molecule has 0 spiro atoms. The van der Waals surface area contributed by atoms with Gasteiger partial charge in [-0.1, -0.05) is 18.2 Å². The average Bonchev–Trinajstić information content (AvgIpc) is 3.23. The lowest BCUT2D eigenvalue weighted by Gasteiger charge is -2.34. The molecule has 0 bridgehead atoms. The van der Waals surface area contributed by atoms with Crippen LogP contribution < -0.4 is 5.32 Å². The van der Waals surface area contributed by atoms with Crippen LogP contribution >= 0.6 is 0 Å². The molecule has 3 fully saturated rings. The first-order valence-corrected chi connectivity index (χ1v) is 11.9. The molecule has 2 heterocycles. The van der Waals surface area contributed by atoms with Crippen LogP contribution in [0.4, 0.5) is 8.78 Å². The maximum absolute atomic E-state index is 13.0. The third-order valence-corrected chi connectivity index (χ3v) is 7.73. The van der Waals surface area contributed by atoms with E-state index in [9.17, 15) is 13.6 Å². The molecule has 5 rings (SSSR count). The van der Waals surface area contributed by atoms with Crippen LogP contribution in [0.2, 0.25) is 0 Å². The van der Waals surface area contributed by atoms with Crippen LogP contribution in [0.3, 0.4) is 0 Å². The van der Waals surface area contributed by atoms with Gasteiger partial charge in [0.05, 0.1) is 6.26 Å². The molecule has 168 valence electrons. The van der Waals surface area contributed by atoms with E-state index in [0.29, 0.717) is 11.8 Å². The van der Waals surface area contributed by atoms with E-state index in [2.05, 4.69) is 22.3 Å². The Morgan fingerprint density at radius 1 is 1.10 bits per heavy atom. The van der Waals surface area contributed by atoms with Gasteiger partial charge in [-0.05, 0) is 82.5 Å². The Morgan fingerprint density at radius 3 is 2.52 bits per heavy atom. The monoisotopic (exact) mass is 430 g/mol. The van der Waals surface area contributed by atoms with Gasteiger partial charge in [0.2, 0.25) is 5.91 Å². The Morgan fingerprint density at radius 2 is 1.81 bits per heavy atom. The summed E-state index contributed by atoms with van der Waals surface area (Å²) in [5, 5.41) is 4.12. The second-order valence-corrected chi connectivity index (χ2v) is 9.84. The molecule has 31 heavy (non-hydrogen) atoms. The van der Waals surface area contributed by atoms with E-state index >= 15 is 0 Å². The minimum Gasteiger partial charge on any atom is -0.464 e. The predicted molar refractivity (Wildman–Crippen MR) is 116 cm³/mol. The molecule has 4 nitrogen and oxygen atoms in total. The van der Waals surface area contributed by atoms with Crippen molar-refractivity contribution in [2.24, 2.45) is 11.8 Å². The summed E-state index contributed by atoms with van der Waals surface area (Å²) in [6, 6.07) is 8.38. The highest BCUT2D eigenvalue weighted by molar-refractivity contribution is 5.83. The molecule has 1 saturated heterocycles. The van der Waals surface area contributed by atoms with Gasteiger partial charge < -0.3 is 14.6 Å². The van der Waals surface area contributed by atoms with Gasteiger partial charge in [0, 0.05) is 23.4 Å². The second kappa shape index (κ2) is 8.53. The normalized spacial score (nSPS) is 29.2. The molecule has 1 N–H and O–H groups in total. The molecule has 6 heteroatoms. The van der Waals surface area contributed by atoms with Crippen LogP contribution in [-0.2, 0) is 4.79 Å². The smallest absolute Gasteiger partial charge is 0.260 e. The lowest BCUT2D eigenvalue weighted by Crippen LogP contribution is -2.40. The van der Waals surface area contributed by atoms with Gasteiger partial charge >= 0.3 is 0 Å². The molecule has 1 aliphatic heterocycles. The van der Waals surface area contributed by atoms with Crippen LogP contribution in [-0.4, -0.2) is 42.4 Å². The fourth-order valence-electron chi connectivity index (χ4n) is 5.54. The van der Waals surface area contributed by atoms with Gasteiger partial charge in [-0.15, -0.1) is 0 Å². The number of amides is 1. The van der Waals surface area contributed by atoms with Crippen molar-refractivity contribution in [1.29, 1.82) is 0 Å². The molecule has 1 amide bonds. The largest absolute Gasteiger partial charge is 0.464 e. The summed E-state index contributed by atoms with van der Waals surface area (Å²) in [4.78, 5) is 14.5. The average molecular weight is 431 g/mol. The van der Waals surface area contributed by atoms with Gasteiger partial charge in [-0.3, -0.25) is 4.79 Å². The molecule has 0 radical (unpaired) electrons. The number of rotatable bonds is 6. The Balaban J connectivity index is 1.02. The molecule has 2 aromatic rings. The number of carbonyl (C=O) groups is 1. The van der Waals surface area contributed by atoms with E-state index in [0.717, 1.165) is 50.9 Å². The highest BCUT2D eigenvalue weighted by Gasteiger charge is 2.61. The first-order chi connectivity index (χ1) is 15.0. The number of nitrogens with one attached hydrogen (secondary N) is 1. The quantitative estimate of drug-likeness (QED) is 0.674. The molecule has 2 aliphatic carbocycles. The Kier molecular flexibility index (Phi) is 5.76. The minimum atomic E-state index is -2.76. The zero-order chi connectivity index (χ0) is 21.4. The van der Waals surface area contributed by atoms with Crippen molar-refractivity contribution in [3.05, 3.63) is 36.1 Å². The highest BCUT2D eigenvalue weighted by atomic mass is 19.3. The number of piperidine rings is 1. The van der Waals surface area contributed by atoms with Crippen molar-refractivity contribution in [3.63, 3.8) is 0 Å². The Bertz CT molecular complexity index is 911. The number of benzene rings is 1. The van der Waals surface area contributed by atoms with Crippen LogP contribution in [0.1, 0.15) is 62.8 Å². The predicted octanol–water partition coefficient (Wildman–Crippen LogP) is 5.33. The van der Waals surface area contributed by atoms with Crippen LogP contribution in [0.25, 0.3) is 11.0 Å². The number of para-hydroxylation sites is 1. The highest BCUT2D eigenvalue weighted by Crippen LogP contribution is 2.48. The third kappa shape index (κ3) is 4.64. The number of furan rings is 1. The zero-order valence-electron chi connectivity index (χ0n) is 18.0. The van der Waals surface area contributed by atoms with E-state index in [-0.39, 0.29) is 12.5 Å². The molecule has 1 aromatic heterocycles. The summed E-state index contributed by atoms with van der Waals surface area (Å²) in [5.41, 5.74) is 2.34. The number of hydrogen-bond donors (Lipinski definition) is 1. The summed E-state index contributed by atoms with van der Waals surface area (Å²) < 4.78 is 31.8. The van der Waals surface area contributed by atoms with Gasteiger partial charge in [-0.25, -0.2) is 8.78 Å². The van der Waals surface area contributed by atoms with Crippen molar-refractivity contribution in [2.45, 2.75) is 69.2 Å². The molecular formula is C25H32F2N2O2. The lowest BCUT2D eigenvalue weighted by molar-refractivity contribution is -0.125. The van der Waals surface area contributed by atoms with Crippen molar-refractivity contribution >= 4 is 16.9 Å². The van der Waals surface area contributed by atoms with Crippen molar-refractivity contribution in [2.75, 3.05) is 19.6 Å². The fraction of sp³-hybridized carbons (Fsp3) is 0.640. The van der Waals surface area contributed by atoms with Gasteiger partial charge in [-0.2, -0.15) is 0 Å². The Labute approximate surface area is 182 Å². The second-order valence-electron chi connectivity index (χ2n) is 9.84. The number of halogens is 2. The summed E-state index contributed by atoms with van der Waals surface area (Å²) >= 11 is 0. The summed E-state index contributed by atoms with van der Waals surface area (Å²) in [6.45, 7) is 3.39. The fourth-order valence-corrected chi connectivity index (χ4v) is 5.54. The number of hydrogen-bond acceptors (Lipinski definition) is 3. The maximum atomic E-state index is 13.0. The van der Waals surface area contributed by atoms with Crippen LogP contribution in [0, 0.1) is 11.8 Å². The van der Waals surface area contributed by atoms with Crippen molar-refractivity contribution in [3.8, 4) is 0 Å². The molecule has 1 atom stereocenters. The first kappa shape index (κ1) is 20.9. The maximum Gasteiger partial charge on any atom is 0.260 e. The number of nitrogens with zero attached hydrogens (tertiary/aromatic N) is 1. The lowest BCUT2D eigenvalue weighted by atomic mass is 9.83. The van der Waals surface area contributed by atoms with E-state index in [1.165, 1.54) is 30.2 Å². The molecule has 2 saturated carbocycles. The standard InChI is InChI=1S/C25H32F2N2O2/c26-25(27)15-22(25)24(30)28-19-7-5-17(6-8-19)9-12-29-13-10-18(11-14-29)21-16-31-23-4-2-1-3-20(21)23/h1-4,16-19,22H,5-15H2,(H,28,30). The SMILES string of the molecule is O=C(NC1CCC(CCN2CCC(c3coc4ccccc34)CC2)CC1)C1CC1(F)F. The van der Waals surface area contributed by atoms with Gasteiger partial charge in [0.25, 0.3) is 5.92 Å². The summed E-state index contributed by atoms with van der Waals surface area (Å²) in [6.07, 6.45) is 9.23. The Hall–Kier alpha value is -1.95. The number of likely N-dealkylation sites (tertiary alicyclic amines) is 1. The van der Waals surface area contributed by atoms with Crippen LogP contribution in [0.15, 0.2) is 34.9 Å². The van der Waals surface area contributed by atoms with Crippen molar-refractivity contribution in [1.82, 2.24) is 10.2 Å². The van der Waals surface area contributed by atoms with Crippen molar-refractivity contribution < 1.29 is 18.0 Å². The number of fused-ring (bicyclic) bond motifs is 1. The zero-order valence-corrected chi connectivity index (χ0v) is 18.0. The van der Waals surface area contributed by atoms with Gasteiger partial charge in [0.1, 0.15) is 11.5 Å². The van der Waals surface area contributed by atoms with E-state index < -0.39 is 17.7 Å². The van der Waals surface area contributed by atoms with E-state index in [1.807, 2.05) is 18.4 Å².